The molecule has 7 nitrogen and oxygen atoms in total. The molecule has 0 bridgehead atoms. The molecule has 0 radical (unpaired) electrons. The number of aromatic nitrogens is 2. The molecule has 4 aromatic rings. The van der Waals surface area contributed by atoms with Gasteiger partial charge >= 0.3 is 6.18 Å². The minimum atomic E-state index is -4.42. The first-order valence-electron chi connectivity index (χ1n) is 12.6. The number of carbonyl (C=O) groups is 1. The second-order valence-corrected chi connectivity index (χ2v) is 9.49. The molecular weight excluding hydrogens is 497 g/mol. The Morgan fingerprint density at radius 2 is 2.03 bits per heavy atom. The maximum absolute atomic E-state index is 13.3. The van der Waals surface area contributed by atoms with Gasteiger partial charge in [0.1, 0.15) is 6.26 Å². The highest BCUT2D eigenvalue weighted by Gasteiger charge is 2.30. The SMILES string of the molecule is O=C(NC[C@H]1CCCO1)c1coc(CN(CCc2c[nH]c3ccccc23)Cc2cccc(C(F)(F)F)c2)n1. The summed E-state index contributed by atoms with van der Waals surface area (Å²) in [6, 6.07) is 13.3. The monoisotopic (exact) mass is 526 g/mol. The lowest BCUT2D eigenvalue weighted by atomic mass is 10.1. The molecule has 2 N–H and O–H groups in total. The number of halogens is 3. The Morgan fingerprint density at radius 1 is 1.16 bits per heavy atom. The van der Waals surface area contributed by atoms with Gasteiger partial charge in [-0.2, -0.15) is 13.2 Å². The van der Waals surface area contributed by atoms with Crippen molar-refractivity contribution < 1.29 is 27.1 Å². The van der Waals surface area contributed by atoms with Crippen LogP contribution in [0.1, 0.15) is 45.9 Å². The molecule has 1 aliphatic rings. The number of nitrogens with zero attached hydrogens (tertiary/aromatic N) is 2. The van der Waals surface area contributed by atoms with Crippen LogP contribution >= 0.6 is 0 Å². The molecule has 2 aromatic carbocycles. The topological polar surface area (TPSA) is 83.4 Å². The van der Waals surface area contributed by atoms with Gasteiger partial charge in [0.2, 0.25) is 5.89 Å². The molecule has 38 heavy (non-hydrogen) atoms. The fourth-order valence-electron chi connectivity index (χ4n) is 4.72. The summed E-state index contributed by atoms with van der Waals surface area (Å²) in [6.07, 6.45) is 1.41. The molecule has 0 saturated carbocycles. The molecule has 5 rings (SSSR count). The molecule has 1 fully saturated rings. The Labute approximate surface area is 218 Å². The Kier molecular flexibility index (Phi) is 7.80. The van der Waals surface area contributed by atoms with E-state index < -0.39 is 11.7 Å². The van der Waals surface area contributed by atoms with Crippen LogP contribution in [0.3, 0.4) is 0 Å². The number of amides is 1. The van der Waals surface area contributed by atoms with Gasteiger partial charge in [0.05, 0.1) is 18.2 Å². The Balaban J connectivity index is 1.29. The van der Waals surface area contributed by atoms with E-state index in [-0.39, 0.29) is 30.8 Å². The van der Waals surface area contributed by atoms with E-state index in [1.807, 2.05) is 35.4 Å². The minimum Gasteiger partial charge on any atom is -0.447 e. The van der Waals surface area contributed by atoms with Crippen LogP contribution in [-0.4, -0.2) is 46.6 Å². The van der Waals surface area contributed by atoms with Crippen LogP contribution in [0.2, 0.25) is 0 Å². The number of oxazole rings is 1. The number of benzene rings is 2. The molecule has 0 unspecified atom stereocenters. The highest BCUT2D eigenvalue weighted by molar-refractivity contribution is 5.91. The van der Waals surface area contributed by atoms with Crippen molar-refractivity contribution in [2.45, 2.75) is 44.6 Å². The number of alkyl halides is 3. The second-order valence-electron chi connectivity index (χ2n) is 9.49. The van der Waals surface area contributed by atoms with Gasteiger partial charge < -0.3 is 19.5 Å². The summed E-state index contributed by atoms with van der Waals surface area (Å²) in [7, 11) is 0. The lowest BCUT2D eigenvalue weighted by Crippen LogP contribution is -2.32. The number of hydrogen-bond donors (Lipinski definition) is 2. The van der Waals surface area contributed by atoms with E-state index in [2.05, 4.69) is 15.3 Å². The molecule has 1 atom stereocenters. The van der Waals surface area contributed by atoms with Crippen molar-refractivity contribution in [1.29, 1.82) is 0 Å². The average molecular weight is 527 g/mol. The molecule has 0 spiro atoms. The third-order valence-electron chi connectivity index (χ3n) is 6.69. The fraction of sp³-hybridized carbons (Fsp3) is 0.357. The Morgan fingerprint density at radius 3 is 2.84 bits per heavy atom. The van der Waals surface area contributed by atoms with E-state index >= 15 is 0 Å². The van der Waals surface area contributed by atoms with Gasteiger partial charge in [-0.15, -0.1) is 0 Å². The lowest BCUT2D eigenvalue weighted by Gasteiger charge is -2.21. The number of para-hydroxylation sites is 1. The molecular formula is C28H29F3N4O3. The third kappa shape index (κ3) is 6.43. The standard InChI is InChI=1S/C28H29F3N4O3/c29-28(30,31)21-6-3-5-19(13-21)16-35(11-10-20-14-32-24-9-2-1-8-23(20)24)17-26-34-25(18-38-26)27(36)33-15-22-7-4-12-37-22/h1-3,5-6,8-9,13-14,18,22,32H,4,7,10-12,15-17H2,(H,33,36)/t22-/m1/s1. The van der Waals surface area contributed by atoms with Gasteiger partial charge in [0.25, 0.3) is 5.91 Å². The number of hydrogen-bond acceptors (Lipinski definition) is 5. The number of carbonyl (C=O) groups excluding carboxylic acids is 1. The Hall–Kier alpha value is -3.63. The summed E-state index contributed by atoms with van der Waals surface area (Å²) < 4.78 is 51.0. The van der Waals surface area contributed by atoms with Gasteiger partial charge in [0, 0.05) is 43.3 Å². The first-order valence-corrected chi connectivity index (χ1v) is 12.6. The van der Waals surface area contributed by atoms with Gasteiger partial charge in [-0.05, 0) is 42.5 Å². The number of nitrogens with one attached hydrogen (secondary N) is 2. The largest absolute Gasteiger partial charge is 0.447 e. The van der Waals surface area contributed by atoms with Crippen LogP contribution in [0.4, 0.5) is 13.2 Å². The van der Waals surface area contributed by atoms with E-state index in [0.29, 0.717) is 37.6 Å². The zero-order valence-electron chi connectivity index (χ0n) is 20.8. The summed E-state index contributed by atoms with van der Waals surface area (Å²) in [5.74, 6) is -0.0307. The number of rotatable bonds is 10. The maximum Gasteiger partial charge on any atom is 0.416 e. The van der Waals surface area contributed by atoms with E-state index in [1.165, 1.54) is 12.3 Å². The third-order valence-corrected chi connectivity index (χ3v) is 6.69. The summed E-state index contributed by atoms with van der Waals surface area (Å²) >= 11 is 0. The van der Waals surface area contributed by atoms with E-state index in [1.54, 1.807) is 6.07 Å². The van der Waals surface area contributed by atoms with Crippen molar-refractivity contribution in [2.75, 3.05) is 19.7 Å². The summed E-state index contributed by atoms with van der Waals surface area (Å²) in [6.45, 7) is 2.15. The van der Waals surface area contributed by atoms with Crippen LogP contribution in [0.15, 0.2) is 65.4 Å². The van der Waals surface area contributed by atoms with Crippen LogP contribution in [-0.2, 0) is 30.4 Å². The number of ether oxygens (including phenoxy) is 1. The van der Waals surface area contributed by atoms with E-state index in [9.17, 15) is 18.0 Å². The van der Waals surface area contributed by atoms with Crippen LogP contribution in [0.25, 0.3) is 10.9 Å². The summed E-state index contributed by atoms with van der Waals surface area (Å²) in [5, 5.41) is 3.92. The maximum atomic E-state index is 13.3. The number of H-pyrrole nitrogens is 1. The predicted molar refractivity (Wildman–Crippen MR) is 135 cm³/mol. The fourth-order valence-corrected chi connectivity index (χ4v) is 4.72. The van der Waals surface area contributed by atoms with Crippen molar-refractivity contribution in [3.8, 4) is 0 Å². The van der Waals surface area contributed by atoms with Gasteiger partial charge in [-0.3, -0.25) is 9.69 Å². The van der Waals surface area contributed by atoms with Gasteiger partial charge in [-0.1, -0.05) is 36.4 Å². The zero-order chi connectivity index (χ0) is 26.5. The first kappa shape index (κ1) is 26.0. The molecule has 0 aliphatic carbocycles. The van der Waals surface area contributed by atoms with Crippen molar-refractivity contribution >= 4 is 16.8 Å². The molecule has 200 valence electrons. The highest BCUT2D eigenvalue weighted by Crippen LogP contribution is 2.30. The molecule has 3 heterocycles. The summed E-state index contributed by atoms with van der Waals surface area (Å²) in [4.78, 5) is 22.1. The molecule has 1 saturated heterocycles. The van der Waals surface area contributed by atoms with Crippen LogP contribution in [0, 0.1) is 0 Å². The van der Waals surface area contributed by atoms with Crippen molar-refractivity contribution in [1.82, 2.24) is 20.2 Å². The van der Waals surface area contributed by atoms with Crippen molar-refractivity contribution in [2.24, 2.45) is 0 Å². The highest BCUT2D eigenvalue weighted by atomic mass is 19.4. The smallest absolute Gasteiger partial charge is 0.416 e. The summed E-state index contributed by atoms with van der Waals surface area (Å²) in [5.41, 5.74) is 2.14. The minimum absolute atomic E-state index is 0.0118. The number of aromatic amines is 1. The molecule has 1 aliphatic heterocycles. The van der Waals surface area contributed by atoms with Gasteiger partial charge in [-0.25, -0.2) is 4.98 Å². The first-order chi connectivity index (χ1) is 18.3. The lowest BCUT2D eigenvalue weighted by molar-refractivity contribution is -0.137. The average Bonchev–Trinajstić information content (AvgIpc) is 3.67. The quantitative estimate of drug-likeness (QED) is 0.292. The van der Waals surface area contributed by atoms with Crippen molar-refractivity contribution in [3.05, 3.63) is 89.3 Å². The molecule has 1 amide bonds. The van der Waals surface area contributed by atoms with Gasteiger partial charge in [0.15, 0.2) is 5.69 Å². The van der Waals surface area contributed by atoms with E-state index in [0.717, 1.165) is 41.4 Å². The molecule has 2 aromatic heterocycles. The van der Waals surface area contributed by atoms with Crippen molar-refractivity contribution in [3.63, 3.8) is 0 Å². The number of fused-ring (bicyclic) bond motifs is 1. The molecule has 10 heteroatoms. The van der Waals surface area contributed by atoms with Crippen LogP contribution < -0.4 is 5.32 Å². The van der Waals surface area contributed by atoms with Crippen LogP contribution in [0.5, 0.6) is 0 Å². The van der Waals surface area contributed by atoms with E-state index in [4.69, 9.17) is 9.15 Å². The Bertz CT molecular complexity index is 1370. The predicted octanol–water partition coefficient (Wildman–Crippen LogP) is 5.33. The zero-order valence-corrected chi connectivity index (χ0v) is 20.8. The second kappa shape index (κ2) is 11.4. The normalized spacial score (nSPS) is 15.9.